The number of nitrogens with one attached hydrogen (secondary N) is 1. The minimum absolute atomic E-state index is 0.550. The summed E-state index contributed by atoms with van der Waals surface area (Å²) >= 11 is 0. The summed E-state index contributed by atoms with van der Waals surface area (Å²) in [6, 6.07) is 0. The van der Waals surface area contributed by atoms with Gasteiger partial charge in [-0.05, 0) is 60.0 Å². The first-order valence-electron chi connectivity index (χ1n) is 5.17. The summed E-state index contributed by atoms with van der Waals surface area (Å²) in [5, 5.41) is 3.39. The van der Waals surface area contributed by atoms with Gasteiger partial charge < -0.3 is 10.2 Å². The highest BCUT2D eigenvalue weighted by Crippen LogP contribution is 2.20. The van der Waals surface area contributed by atoms with Crippen LogP contribution < -0.4 is 5.32 Å². The van der Waals surface area contributed by atoms with E-state index in [0.717, 1.165) is 5.92 Å². The lowest BCUT2D eigenvalue weighted by molar-refractivity contribution is 0.114. The quantitative estimate of drug-likeness (QED) is 0.644. The molecule has 1 fully saturated rings. The van der Waals surface area contributed by atoms with Gasteiger partial charge in [0, 0.05) is 0 Å². The summed E-state index contributed by atoms with van der Waals surface area (Å²) < 4.78 is 0. The molecule has 1 unspecified atom stereocenters. The molecule has 0 spiro atoms. The Balaban J connectivity index is 2.41. The van der Waals surface area contributed by atoms with Gasteiger partial charge in [-0.2, -0.15) is 0 Å². The second kappa shape index (κ2) is 4.94. The molecule has 1 heterocycles. The van der Waals surface area contributed by atoms with E-state index in [1.165, 1.54) is 25.9 Å². The summed E-state index contributed by atoms with van der Waals surface area (Å²) in [5.74, 6) is 0.816. The third kappa shape index (κ3) is 2.93. The van der Waals surface area contributed by atoms with E-state index in [9.17, 15) is 0 Å². The first kappa shape index (κ1) is 11.0. The first-order chi connectivity index (χ1) is 6.15. The number of likely N-dealkylation sites (tertiary alicyclic amines) is 1. The largest absolute Gasteiger partial charge is 0.306 e. The van der Waals surface area contributed by atoms with Gasteiger partial charge in [0.2, 0.25) is 0 Å². The van der Waals surface area contributed by atoms with Crippen molar-refractivity contribution < 1.29 is 0 Å². The Morgan fingerprint density at radius 3 is 2.23 bits per heavy atom. The van der Waals surface area contributed by atoms with Gasteiger partial charge in [0.25, 0.3) is 0 Å². The van der Waals surface area contributed by atoms with E-state index in [1.807, 2.05) is 0 Å². The minimum atomic E-state index is 0.550. The molecule has 1 aliphatic heterocycles. The molecule has 0 radical (unpaired) electrons. The maximum atomic E-state index is 3.39. The average molecular weight is 185 g/mol. The lowest BCUT2D eigenvalue weighted by atomic mass is 9.93. The van der Waals surface area contributed by atoms with E-state index in [4.69, 9.17) is 0 Å². The van der Waals surface area contributed by atoms with Gasteiger partial charge in [-0.25, -0.2) is 0 Å². The molecule has 0 aliphatic carbocycles. The van der Waals surface area contributed by atoms with E-state index >= 15 is 0 Å². The second-order valence-corrected chi connectivity index (χ2v) is 4.34. The standard InChI is InChI=1S/C10H23N3/c1-11-10(12(2)3)9-5-7-13(4)8-6-9/h9-11H,5-8H2,1-4H3. The van der Waals surface area contributed by atoms with Crippen LogP contribution in [0.4, 0.5) is 0 Å². The van der Waals surface area contributed by atoms with E-state index in [-0.39, 0.29) is 0 Å². The zero-order valence-corrected chi connectivity index (χ0v) is 9.38. The molecule has 0 aromatic carbocycles. The van der Waals surface area contributed by atoms with Crippen LogP contribution in [0.3, 0.4) is 0 Å². The molecule has 0 amide bonds. The Morgan fingerprint density at radius 2 is 1.85 bits per heavy atom. The predicted molar refractivity (Wildman–Crippen MR) is 56.8 cm³/mol. The number of nitrogens with zero attached hydrogens (tertiary/aromatic N) is 2. The van der Waals surface area contributed by atoms with Crippen LogP contribution in [-0.4, -0.2) is 57.2 Å². The summed E-state index contributed by atoms with van der Waals surface area (Å²) in [6.07, 6.45) is 3.19. The van der Waals surface area contributed by atoms with Gasteiger partial charge in [0.1, 0.15) is 0 Å². The van der Waals surface area contributed by atoms with Crippen molar-refractivity contribution in [2.45, 2.75) is 19.0 Å². The summed E-state index contributed by atoms with van der Waals surface area (Å²) in [5.41, 5.74) is 0. The second-order valence-electron chi connectivity index (χ2n) is 4.34. The molecule has 3 heteroatoms. The Bertz CT molecular complexity index is 139. The molecule has 3 nitrogen and oxygen atoms in total. The number of hydrogen-bond acceptors (Lipinski definition) is 3. The summed E-state index contributed by atoms with van der Waals surface area (Å²) in [6.45, 7) is 2.49. The van der Waals surface area contributed by atoms with Crippen LogP contribution in [0.1, 0.15) is 12.8 Å². The molecule has 78 valence electrons. The van der Waals surface area contributed by atoms with Crippen molar-refractivity contribution in [2.24, 2.45) is 5.92 Å². The molecule has 0 bridgehead atoms. The predicted octanol–water partition coefficient (Wildman–Crippen LogP) is 0.435. The highest BCUT2D eigenvalue weighted by Gasteiger charge is 2.25. The molecular weight excluding hydrogens is 162 g/mol. The van der Waals surface area contributed by atoms with E-state index in [2.05, 4.69) is 43.3 Å². The molecular formula is C10H23N3. The maximum Gasteiger partial charge on any atom is 0.0619 e. The Kier molecular flexibility index (Phi) is 4.16. The number of piperidine rings is 1. The molecule has 13 heavy (non-hydrogen) atoms. The van der Waals surface area contributed by atoms with Crippen LogP contribution in [0.15, 0.2) is 0 Å². The van der Waals surface area contributed by atoms with Gasteiger partial charge in [-0.15, -0.1) is 0 Å². The first-order valence-corrected chi connectivity index (χ1v) is 5.17. The van der Waals surface area contributed by atoms with Gasteiger partial charge in [-0.3, -0.25) is 4.90 Å². The average Bonchev–Trinajstić information content (AvgIpc) is 2.09. The van der Waals surface area contributed by atoms with Gasteiger partial charge >= 0.3 is 0 Å². The van der Waals surface area contributed by atoms with Crippen LogP contribution >= 0.6 is 0 Å². The third-order valence-electron chi connectivity index (χ3n) is 3.06. The number of rotatable bonds is 3. The molecule has 0 aromatic heterocycles. The molecule has 1 rings (SSSR count). The summed E-state index contributed by atoms with van der Waals surface area (Å²) in [7, 11) is 8.57. The fourth-order valence-electron chi connectivity index (χ4n) is 2.26. The summed E-state index contributed by atoms with van der Waals surface area (Å²) in [4.78, 5) is 4.70. The normalized spacial score (nSPS) is 23.8. The lowest BCUT2D eigenvalue weighted by Crippen LogP contribution is -2.48. The lowest BCUT2D eigenvalue weighted by Gasteiger charge is -2.37. The van der Waals surface area contributed by atoms with E-state index in [0.29, 0.717) is 6.17 Å². The van der Waals surface area contributed by atoms with Gasteiger partial charge in [0.15, 0.2) is 0 Å². The highest BCUT2D eigenvalue weighted by molar-refractivity contribution is 4.78. The van der Waals surface area contributed by atoms with Crippen molar-refractivity contribution in [3.8, 4) is 0 Å². The third-order valence-corrected chi connectivity index (χ3v) is 3.06. The fraction of sp³-hybridized carbons (Fsp3) is 1.00. The Hall–Kier alpha value is -0.120. The highest BCUT2D eigenvalue weighted by atomic mass is 15.2. The van der Waals surface area contributed by atoms with Crippen molar-refractivity contribution in [3.63, 3.8) is 0 Å². The van der Waals surface area contributed by atoms with Crippen LogP contribution in [0.2, 0.25) is 0 Å². The van der Waals surface area contributed by atoms with Crippen molar-refractivity contribution in [1.82, 2.24) is 15.1 Å². The molecule has 1 aliphatic rings. The van der Waals surface area contributed by atoms with Crippen LogP contribution in [0.5, 0.6) is 0 Å². The molecule has 0 aromatic rings. The van der Waals surface area contributed by atoms with Crippen LogP contribution in [0.25, 0.3) is 0 Å². The molecule has 1 N–H and O–H groups in total. The smallest absolute Gasteiger partial charge is 0.0619 e. The van der Waals surface area contributed by atoms with Crippen LogP contribution in [-0.2, 0) is 0 Å². The monoisotopic (exact) mass is 185 g/mol. The number of hydrogen-bond donors (Lipinski definition) is 1. The van der Waals surface area contributed by atoms with Crippen molar-refractivity contribution in [1.29, 1.82) is 0 Å². The minimum Gasteiger partial charge on any atom is -0.306 e. The zero-order valence-electron chi connectivity index (χ0n) is 9.38. The van der Waals surface area contributed by atoms with E-state index < -0.39 is 0 Å². The van der Waals surface area contributed by atoms with Crippen molar-refractivity contribution >= 4 is 0 Å². The topological polar surface area (TPSA) is 18.5 Å². The Morgan fingerprint density at radius 1 is 1.31 bits per heavy atom. The SMILES string of the molecule is CNC(C1CCN(C)CC1)N(C)C. The van der Waals surface area contributed by atoms with Crippen molar-refractivity contribution in [3.05, 3.63) is 0 Å². The van der Waals surface area contributed by atoms with Crippen LogP contribution in [0, 0.1) is 5.92 Å². The zero-order chi connectivity index (χ0) is 9.84. The molecule has 1 saturated heterocycles. The van der Waals surface area contributed by atoms with Crippen molar-refractivity contribution in [2.75, 3.05) is 41.3 Å². The van der Waals surface area contributed by atoms with Gasteiger partial charge in [0.05, 0.1) is 6.17 Å². The van der Waals surface area contributed by atoms with E-state index in [1.54, 1.807) is 0 Å². The Labute approximate surface area is 82.1 Å². The fourth-order valence-corrected chi connectivity index (χ4v) is 2.26. The van der Waals surface area contributed by atoms with Gasteiger partial charge in [-0.1, -0.05) is 0 Å². The maximum absolute atomic E-state index is 3.39. The molecule has 0 saturated carbocycles. The molecule has 1 atom stereocenters.